The van der Waals surface area contributed by atoms with E-state index in [0.29, 0.717) is 12.1 Å². The topological polar surface area (TPSA) is 112 Å². The standard InChI is InChI=1S/C28H25N7OS/c1-3-4-5-25(36)31-18-12-17(14-29-15-18)21-7-8-22-26(32-21)27(35-34-22)23-13-20-19(10-11-30-28(20)33-23)24-9-6-16(2)37-24/h6-15H,3-5H2,1-2H3,(H,30,33)(H,31,36)(H,34,35). The van der Waals surface area contributed by atoms with Gasteiger partial charge in [-0.05, 0) is 55.8 Å². The lowest BCUT2D eigenvalue weighted by Crippen LogP contribution is -2.11. The number of nitrogens with zero attached hydrogens (tertiary/aromatic N) is 4. The van der Waals surface area contributed by atoms with Gasteiger partial charge in [0.2, 0.25) is 5.91 Å². The second kappa shape index (κ2) is 9.59. The van der Waals surface area contributed by atoms with Gasteiger partial charge in [0.25, 0.3) is 0 Å². The van der Waals surface area contributed by atoms with Crippen LogP contribution in [0.15, 0.2) is 61.1 Å². The molecule has 0 fully saturated rings. The highest BCUT2D eigenvalue weighted by molar-refractivity contribution is 7.15. The van der Waals surface area contributed by atoms with Crippen molar-refractivity contribution in [1.82, 2.24) is 30.1 Å². The maximum Gasteiger partial charge on any atom is 0.224 e. The number of hydrogen-bond acceptors (Lipinski definition) is 6. The number of anilines is 1. The van der Waals surface area contributed by atoms with Crippen molar-refractivity contribution in [2.45, 2.75) is 33.1 Å². The van der Waals surface area contributed by atoms with E-state index in [2.05, 4.69) is 62.5 Å². The van der Waals surface area contributed by atoms with Crippen LogP contribution in [0.4, 0.5) is 5.69 Å². The van der Waals surface area contributed by atoms with E-state index in [9.17, 15) is 4.79 Å². The van der Waals surface area contributed by atoms with Gasteiger partial charge in [-0.2, -0.15) is 5.10 Å². The average molecular weight is 508 g/mol. The molecule has 0 bridgehead atoms. The predicted molar refractivity (Wildman–Crippen MR) is 148 cm³/mol. The summed E-state index contributed by atoms with van der Waals surface area (Å²) in [6, 6.07) is 14.2. The number of unbranched alkanes of at least 4 members (excludes halogenated alkanes) is 1. The van der Waals surface area contributed by atoms with E-state index in [1.54, 1.807) is 23.7 Å². The smallest absolute Gasteiger partial charge is 0.224 e. The van der Waals surface area contributed by atoms with E-state index in [4.69, 9.17) is 4.98 Å². The molecule has 37 heavy (non-hydrogen) atoms. The van der Waals surface area contributed by atoms with Crippen LogP contribution in [-0.4, -0.2) is 36.0 Å². The number of amides is 1. The minimum atomic E-state index is -0.00849. The number of aromatic amines is 2. The van der Waals surface area contributed by atoms with Crippen LogP contribution in [0.2, 0.25) is 0 Å². The van der Waals surface area contributed by atoms with Crippen molar-refractivity contribution in [3.63, 3.8) is 0 Å². The summed E-state index contributed by atoms with van der Waals surface area (Å²) in [4.78, 5) is 31.9. The van der Waals surface area contributed by atoms with Crippen molar-refractivity contribution < 1.29 is 4.79 Å². The molecule has 0 saturated carbocycles. The minimum Gasteiger partial charge on any atom is -0.338 e. The summed E-state index contributed by atoms with van der Waals surface area (Å²) in [6.45, 7) is 4.18. The Kier molecular flexibility index (Phi) is 5.97. The molecule has 0 aliphatic heterocycles. The van der Waals surface area contributed by atoms with Gasteiger partial charge in [-0.1, -0.05) is 13.3 Å². The third kappa shape index (κ3) is 4.49. The third-order valence-corrected chi connectivity index (χ3v) is 7.31. The fourth-order valence-electron chi connectivity index (χ4n) is 4.41. The van der Waals surface area contributed by atoms with Gasteiger partial charge in [0, 0.05) is 45.1 Å². The van der Waals surface area contributed by atoms with Crippen molar-refractivity contribution in [1.29, 1.82) is 0 Å². The van der Waals surface area contributed by atoms with Crippen LogP contribution >= 0.6 is 11.3 Å². The lowest BCUT2D eigenvalue weighted by molar-refractivity contribution is -0.116. The van der Waals surface area contributed by atoms with E-state index in [-0.39, 0.29) is 5.91 Å². The van der Waals surface area contributed by atoms with E-state index in [1.165, 1.54) is 9.75 Å². The molecule has 6 rings (SSSR count). The Balaban J connectivity index is 1.37. The summed E-state index contributed by atoms with van der Waals surface area (Å²) in [5.74, 6) is -0.00849. The molecule has 6 heterocycles. The Morgan fingerprint density at radius 1 is 1.11 bits per heavy atom. The molecule has 0 atom stereocenters. The van der Waals surface area contributed by atoms with E-state index >= 15 is 0 Å². The zero-order valence-corrected chi connectivity index (χ0v) is 21.3. The van der Waals surface area contributed by atoms with Crippen LogP contribution in [-0.2, 0) is 4.79 Å². The summed E-state index contributed by atoms with van der Waals surface area (Å²) < 4.78 is 0. The van der Waals surface area contributed by atoms with Gasteiger partial charge in [-0.25, -0.2) is 9.97 Å². The number of nitrogens with one attached hydrogen (secondary N) is 3. The first-order valence-electron chi connectivity index (χ1n) is 12.2. The summed E-state index contributed by atoms with van der Waals surface area (Å²) in [5.41, 5.74) is 7.31. The number of pyridine rings is 3. The molecule has 0 unspecified atom stereocenters. The zero-order chi connectivity index (χ0) is 25.4. The molecule has 0 saturated heterocycles. The minimum absolute atomic E-state index is 0.00849. The lowest BCUT2D eigenvalue weighted by Gasteiger charge is -2.07. The number of carbonyl (C=O) groups excluding carboxylic acids is 1. The normalized spacial score (nSPS) is 11.4. The number of fused-ring (bicyclic) bond motifs is 2. The van der Waals surface area contributed by atoms with E-state index < -0.39 is 0 Å². The molecule has 3 N–H and O–H groups in total. The second-order valence-electron chi connectivity index (χ2n) is 8.99. The molecule has 0 aliphatic carbocycles. The van der Waals surface area contributed by atoms with Gasteiger partial charge in [0.05, 0.1) is 28.8 Å². The first-order valence-corrected chi connectivity index (χ1v) is 13.1. The SMILES string of the molecule is CCCCC(=O)Nc1cncc(-c2ccc3[nH]nc(-c4cc5c(-c6ccc(C)s6)ccnc5[nH]4)c3n2)c1. The van der Waals surface area contributed by atoms with E-state index in [0.717, 1.165) is 63.1 Å². The highest BCUT2D eigenvalue weighted by Crippen LogP contribution is 2.36. The average Bonchev–Trinajstić information content (AvgIpc) is 3.64. The van der Waals surface area contributed by atoms with Crippen LogP contribution < -0.4 is 5.32 Å². The molecule has 0 aromatic carbocycles. The number of carbonyl (C=O) groups is 1. The number of hydrogen-bond donors (Lipinski definition) is 3. The number of aryl methyl sites for hydroxylation is 1. The molecule has 0 spiro atoms. The molecule has 1 amide bonds. The number of thiophene rings is 1. The summed E-state index contributed by atoms with van der Waals surface area (Å²) in [5, 5.41) is 11.6. The van der Waals surface area contributed by atoms with Crippen LogP contribution in [0.3, 0.4) is 0 Å². The Morgan fingerprint density at radius 2 is 2.03 bits per heavy atom. The molecular formula is C28H25N7OS. The fraction of sp³-hybridized carbons (Fsp3) is 0.179. The van der Waals surface area contributed by atoms with Crippen LogP contribution in [0.5, 0.6) is 0 Å². The molecule has 9 heteroatoms. The highest BCUT2D eigenvalue weighted by Gasteiger charge is 2.16. The maximum absolute atomic E-state index is 12.2. The van der Waals surface area contributed by atoms with Gasteiger partial charge in [-0.15, -0.1) is 11.3 Å². The lowest BCUT2D eigenvalue weighted by atomic mass is 10.1. The first kappa shape index (κ1) is 23.1. The molecule has 8 nitrogen and oxygen atoms in total. The van der Waals surface area contributed by atoms with Gasteiger partial charge in [0.1, 0.15) is 16.9 Å². The Bertz CT molecular complexity index is 1750. The fourth-order valence-corrected chi connectivity index (χ4v) is 5.31. The quantitative estimate of drug-likeness (QED) is 0.222. The molecule has 0 radical (unpaired) electrons. The summed E-state index contributed by atoms with van der Waals surface area (Å²) >= 11 is 1.76. The largest absolute Gasteiger partial charge is 0.338 e. The molecule has 6 aromatic heterocycles. The van der Waals surface area contributed by atoms with Crippen LogP contribution in [0, 0.1) is 6.92 Å². The Labute approximate surface area is 217 Å². The predicted octanol–water partition coefficient (Wildman–Crippen LogP) is 6.73. The molecule has 0 aliphatic rings. The van der Waals surface area contributed by atoms with Crippen molar-refractivity contribution in [3.05, 3.63) is 65.9 Å². The monoisotopic (exact) mass is 507 g/mol. The molecule has 6 aromatic rings. The zero-order valence-electron chi connectivity index (χ0n) is 20.5. The van der Waals surface area contributed by atoms with Gasteiger partial charge >= 0.3 is 0 Å². The number of H-pyrrole nitrogens is 2. The number of rotatable bonds is 7. The van der Waals surface area contributed by atoms with Gasteiger partial charge < -0.3 is 10.3 Å². The highest BCUT2D eigenvalue weighted by atomic mass is 32.1. The Morgan fingerprint density at radius 3 is 2.86 bits per heavy atom. The van der Waals surface area contributed by atoms with Crippen molar-refractivity contribution in [2.24, 2.45) is 0 Å². The molecule has 184 valence electrons. The van der Waals surface area contributed by atoms with Crippen molar-refractivity contribution >= 4 is 45.0 Å². The van der Waals surface area contributed by atoms with Crippen LogP contribution in [0.25, 0.3) is 55.2 Å². The molecular weight excluding hydrogens is 482 g/mol. The van der Waals surface area contributed by atoms with Crippen LogP contribution in [0.1, 0.15) is 31.1 Å². The van der Waals surface area contributed by atoms with Gasteiger partial charge in [0.15, 0.2) is 0 Å². The first-order chi connectivity index (χ1) is 18.1. The van der Waals surface area contributed by atoms with Gasteiger partial charge in [-0.3, -0.25) is 14.9 Å². The van der Waals surface area contributed by atoms with Crippen molar-refractivity contribution in [3.8, 4) is 33.1 Å². The number of aromatic nitrogens is 6. The summed E-state index contributed by atoms with van der Waals surface area (Å²) in [6.07, 6.45) is 7.56. The maximum atomic E-state index is 12.2. The third-order valence-electron chi connectivity index (χ3n) is 6.28. The summed E-state index contributed by atoms with van der Waals surface area (Å²) in [7, 11) is 0. The van der Waals surface area contributed by atoms with E-state index in [1.807, 2.05) is 30.5 Å². The second-order valence-corrected chi connectivity index (χ2v) is 10.3. The Hall–Kier alpha value is -4.37. The van der Waals surface area contributed by atoms with Crippen molar-refractivity contribution in [2.75, 3.05) is 5.32 Å².